The minimum absolute atomic E-state index is 0.260. The Labute approximate surface area is 110 Å². The van der Waals surface area contributed by atoms with Crippen LogP contribution in [0, 0.1) is 0 Å². The molecule has 1 unspecified atom stereocenters. The predicted octanol–water partition coefficient (Wildman–Crippen LogP) is 1.78. The number of thioether (sulfide) groups is 1. The quantitative estimate of drug-likeness (QED) is 0.825. The average molecular weight is 268 g/mol. The Bertz CT molecular complexity index is 400. The van der Waals surface area contributed by atoms with E-state index in [0.29, 0.717) is 5.56 Å². The molecule has 5 heteroatoms. The van der Waals surface area contributed by atoms with Gasteiger partial charge in [-0.2, -0.15) is 11.8 Å². The molecule has 1 saturated heterocycles. The number of esters is 1. The van der Waals surface area contributed by atoms with Crippen LogP contribution in [0.15, 0.2) is 24.3 Å². The first kappa shape index (κ1) is 13.2. The van der Waals surface area contributed by atoms with Gasteiger partial charge < -0.3 is 14.6 Å². The van der Waals surface area contributed by atoms with Crippen LogP contribution in [0.1, 0.15) is 18.6 Å². The van der Waals surface area contributed by atoms with Crippen molar-refractivity contribution in [1.29, 1.82) is 0 Å². The van der Waals surface area contributed by atoms with E-state index in [1.165, 1.54) is 0 Å². The maximum Gasteiger partial charge on any atom is 0.339 e. The van der Waals surface area contributed by atoms with Crippen molar-refractivity contribution in [3.05, 3.63) is 29.8 Å². The highest BCUT2D eigenvalue weighted by atomic mass is 32.2. The van der Waals surface area contributed by atoms with Gasteiger partial charge in [0.2, 0.25) is 0 Å². The molecule has 0 aliphatic carbocycles. The zero-order valence-electron chi connectivity index (χ0n) is 10.2. The summed E-state index contributed by atoms with van der Waals surface area (Å²) in [5.41, 5.74) is 0.517. The molecule has 1 heterocycles. The lowest BCUT2D eigenvalue weighted by Crippen LogP contribution is -2.30. The number of aliphatic hydroxyl groups is 1. The van der Waals surface area contributed by atoms with Crippen molar-refractivity contribution in [3.8, 4) is 5.75 Å². The van der Waals surface area contributed by atoms with Gasteiger partial charge in [-0.25, -0.2) is 4.79 Å². The molecular weight excluding hydrogens is 252 g/mol. The maximum atomic E-state index is 11.4. The topological polar surface area (TPSA) is 55.8 Å². The first-order chi connectivity index (χ1) is 8.70. The van der Waals surface area contributed by atoms with E-state index < -0.39 is 12.1 Å². The highest BCUT2D eigenvalue weighted by Gasteiger charge is 2.21. The lowest BCUT2D eigenvalue weighted by atomic mass is 10.1. The fourth-order valence-corrected chi connectivity index (χ4v) is 2.12. The Hall–Kier alpha value is -1.20. The maximum absolute atomic E-state index is 11.4. The Morgan fingerprint density at radius 3 is 2.61 bits per heavy atom. The molecular formula is C13H16O4S. The average Bonchev–Trinajstić information content (AvgIpc) is 2.34. The number of carbonyl (C=O) groups excluding carboxylic acids is 1. The molecule has 0 saturated carbocycles. The predicted molar refractivity (Wildman–Crippen MR) is 69.8 cm³/mol. The van der Waals surface area contributed by atoms with E-state index in [2.05, 4.69) is 0 Å². The van der Waals surface area contributed by atoms with Gasteiger partial charge in [0, 0.05) is 11.5 Å². The number of hydrogen-bond donors (Lipinski definition) is 1. The smallest absolute Gasteiger partial charge is 0.339 e. The minimum atomic E-state index is -1.22. The van der Waals surface area contributed by atoms with E-state index in [0.717, 1.165) is 17.3 Å². The highest BCUT2D eigenvalue weighted by molar-refractivity contribution is 8.00. The van der Waals surface area contributed by atoms with E-state index in [9.17, 15) is 9.90 Å². The van der Waals surface area contributed by atoms with Crippen LogP contribution in [0.4, 0.5) is 0 Å². The van der Waals surface area contributed by atoms with Crippen LogP contribution in [-0.4, -0.2) is 35.3 Å². The van der Waals surface area contributed by atoms with Crippen LogP contribution in [0.25, 0.3) is 0 Å². The van der Waals surface area contributed by atoms with Crippen molar-refractivity contribution in [1.82, 2.24) is 0 Å². The number of hydrogen-bond acceptors (Lipinski definition) is 5. The highest BCUT2D eigenvalue weighted by Crippen LogP contribution is 2.25. The second-order valence-corrected chi connectivity index (χ2v) is 5.08. The molecule has 98 valence electrons. The van der Waals surface area contributed by atoms with Crippen molar-refractivity contribution in [2.75, 3.05) is 18.1 Å². The van der Waals surface area contributed by atoms with Crippen LogP contribution in [0.2, 0.25) is 0 Å². The summed E-state index contributed by atoms with van der Waals surface area (Å²) >= 11 is 1.86. The fraction of sp³-hybridized carbons (Fsp3) is 0.462. The zero-order valence-corrected chi connectivity index (χ0v) is 11.0. The zero-order chi connectivity index (χ0) is 13.0. The number of benzene rings is 1. The van der Waals surface area contributed by atoms with Gasteiger partial charge in [0.1, 0.15) is 11.9 Å². The summed E-state index contributed by atoms with van der Waals surface area (Å²) in [6.45, 7) is 1.97. The number of ether oxygens (including phenoxy) is 2. The molecule has 1 fully saturated rings. The summed E-state index contributed by atoms with van der Waals surface area (Å²) in [4.78, 5) is 11.4. The molecule has 1 atom stereocenters. The summed E-state index contributed by atoms with van der Waals surface area (Å²) in [6, 6.07) is 6.90. The van der Waals surface area contributed by atoms with Crippen LogP contribution in [-0.2, 0) is 9.53 Å². The van der Waals surface area contributed by atoms with Gasteiger partial charge in [0.15, 0.2) is 6.10 Å². The second kappa shape index (κ2) is 6.11. The van der Waals surface area contributed by atoms with Gasteiger partial charge in [0.25, 0.3) is 0 Å². The summed E-state index contributed by atoms with van der Waals surface area (Å²) in [5, 5.41) is 9.73. The molecule has 1 aromatic rings. The van der Waals surface area contributed by atoms with Crippen LogP contribution in [0.5, 0.6) is 5.75 Å². The Balaban J connectivity index is 1.95. The Morgan fingerprint density at radius 2 is 2.11 bits per heavy atom. The first-order valence-corrected chi connectivity index (χ1v) is 7.05. The Kier molecular flexibility index (Phi) is 4.49. The molecule has 4 nitrogen and oxygen atoms in total. The van der Waals surface area contributed by atoms with Crippen molar-refractivity contribution < 1.29 is 19.4 Å². The molecule has 0 bridgehead atoms. The first-order valence-electron chi connectivity index (χ1n) is 5.89. The van der Waals surface area contributed by atoms with Crippen LogP contribution in [0.3, 0.4) is 0 Å². The van der Waals surface area contributed by atoms with Gasteiger partial charge in [-0.05, 0) is 24.6 Å². The second-order valence-electron chi connectivity index (χ2n) is 4.00. The number of aliphatic hydroxyl groups excluding tert-OH is 1. The van der Waals surface area contributed by atoms with Gasteiger partial charge in [-0.15, -0.1) is 0 Å². The monoisotopic (exact) mass is 268 g/mol. The van der Waals surface area contributed by atoms with Gasteiger partial charge in [-0.3, -0.25) is 0 Å². The van der Waals surface area contributed by atoms with Gasteiger partial charge in [0.05, 0.1) is 6.61 Å². The lowest BCUT2D eigenvalue weighted by molar-refractivity contribution is -0.153. The summed E-state index contributed by atoms with van der Waals surface area (Å²) in [6.07, 6.45) is -0.936. The molecule has 0 aromatic heterocycles. The molecule has 1 N–H and O–H groups in total. The third-order valence-electron chi connectivity index (χ3n) is 2.62. The molecule has 18 heavy (non-hydrogen) atoms. The number of carbonyl (C=O) groups is 1. The van der Waals surface area contributed by atoms with Crippen molar-refractivity contribution in [3.63, 3.8) is 0 Å². The summed E-state index contributed by atoms with van der Waals surface area (Å²) < 4.78 is 10.4. The van der Waals surface area contributed by atoms with Crippen molar-refractivity contribution in [2.24, 2.45) is 0 Å². The standard InChI is InChI=1S/C13H16O4S/c1-2-16-13(15)12(14)9-3-5-10(6-4-9)17-11-7-18-8-11/h3-6,11-12,14H,2,7-8H2,1H3. The molecule has 1 aliphatic rings. The third kappa shape index (κ3) is 3.17. The summed E-state index contributed by atoms with van der Waals surface area (Å²) in [5.74, 6) is 2.18. The molecule has 2 rings (SSSR count). The van der Waals surface area contributed by atoms with Crippen LogP contribution >= 0.6 is 11.8 Å². The Morgan fingerprint density at radius 1 is 1.44 bits per heavy atom. The molecule has 1 aromatic carbocycles. The van der Waals surface area contributed by atoms with E-state index in [4.69, 9.17) is 9.47 Å². The molecule has 0 spiro atoms. The van der Waals surface area contributed by atoms with Gasteiger partial charge in [-0.1, -0.05) is 12.1 Å². The molecule has 1 aliphatic heterocycles. The van der Waals surface area contributed by atoms with Crippen molar-refractivity contribution in [2.45, 2.75) is 19.1 Å². The molecule has 0 radical (unpaired) electrons. The SMILES string of the molecule is CCOC(=O)C(O)c1ccc(OC2CSC2)cc1. The van der Waals surface area contributed by atoms with E-state index in [1.54, 1.807) is 31.2 Å². The van der Waals surface area contributed by atoms with Crippen LogP contribution < -0.4 is 4.74 Å². The summed E-state index contributed by atoms with van der Waals surface area (Å²) in [7, 11) is 0. The molecule has 0 amide bonds. The van der Waals surface area contributed by atoms with E-state index in [-0.39, 0.29) is 12.7 Å². The third-order valence-corrected chi connectivity index (χ3v) is 3.83. The van der Waals surface area contributed by atoms with E-state index >= 15 is 0 Å². The van der Waals surface area contributed by atoms with Gasteiger partial charge >= 0.3 is 5.97 Å². The van der Waals surface area contributed by atoms with Crippen molar-refractivity contribution >= 4 is 17.7 Å². The lowest BCUT2D eigenvalue weighted by Gasteiger charge is -2.25. The fourth-order valence-electron chi connectivity index (χ4n) is 1.56. The van der Waals surface area contributed by atoms with E-state index in [1.807, 2.05) is 11.8 Å². The largest absolute Gasteiger partial charge is 0.489 e. The number of rotatable bonds is 5. The normalized spacial score (nSPS) is 16.8. The minimum Gasteiger partial charge on any atom is -0.489 e.